The highest BCUT2D eigenvalue weighted by molar-refractivity contribution is 6.15. The van der Waals surface area contributed by atoms with E-state index in [9.17, 15) is 14.4 Å². The van der Waals surface area contributed by atoms with Crippen LogP contribution in [0, 0.1) is 6.92 Å². The lowest BCUT2D eigenvalue weighted by Crippen LogP contribution is -2.37. The molecule has 2 atom stereocenters. The molecule has 0 aliphatic carbocycles. The number of rotatable bonds is 14. The first-order chi connectivity index (χ1) is 29.6. The number of fused-ring (bicyclic) bond motifs is 8. The van der Waals surface area contributed by atoms with Crippen molar-refractivity contribution in [3.8, 4) is 17.2 Å². The number of methoxy groups -OCH3 is 1. The van der Waals surface area contributed by atoms with Crippen LogP contribution in [0.5, 0.6) is 17.2 Å². The monoisotopic (exact) mass is 819 g/mol. The maximum atomic E-state index is 14.0. The summed E-state index contributed by atoms with van der Waals surface area (Å²) in [4.78, 5) is 54.0. The number of amides is 2. The minimum absolute atomic E-state index is 0.0647. The molecule has 9 rings (SSSR count). The molecule has 13 heteroatoms. The average molecular weight is 820 g/mol. The van der Waals surface area contributed by atoms with Crippen molar-refractivity contribution in [3.05, 3.63) is 130 Å². The summed E-state index contributed by atoms with van der Waals surface area (Å²) in [6, 6.07) is 28.8. The number of ether oxygens (including phenoxy) is 4. The number of carbonyl (C=O) groups is 3. The van der Waals surface area contributed by atoms with Gasteiger partial charge in [-0.25, -0.2) is 0 Å². The van der Waals surface area contributed by atoms with Crippen LogP contribution in [0.2, 0.25) is 0 Å². The van der Waals surface area contributed by atoms with Crippen LogP contribution in [-0.2, 0) is 35.6 Å². The highest BCUT2D eigenvalue weighted by Gasteiger charge is 2.38. The summed E-state index contributed by atoms with van der Waals surface area (Å²) in [5.74, 6) is 0.331. The summed E-state index contributed by atoms with van der Waals surface area (Å²) in [6.07, 6.45) is 5.03. The maximum Gasteiger partial charge on any atom is 0.305 e. The minimum Gasteiger partial charge on any atom is -0.493 e. The van der Waals surface area contributed by atoms with Crippen LogP contribution in [0.4, 0.5) is 28.4 Å². The van der Waals surface area contributed by atoms with E-state index in [1.165, 1.54) is 0 Å². The van der Waals surface area contributed by atoms with E-state index in [0.717, 1.165) is 44.9 Å². The van der Waals surface area contributed by atoms with Crippen molar-refractivity contribution >= 4 is 58.6 Å². The first-order valence-electron chi connectivity index (χ1n) is 20.3. The summed E-state index contributed by atoms with van der Waals surface area (Å²) in [6.45, 7) is 3.27. The Kier molecular flexibility index (Phi) is 10.7. The van der Waals surface area contributed by atoms with Gasteiger partial charge in [-0.2, -0.15) is 0 Å². The van der Waals surface area contributed by atoms with Gasteiger partial charge in [0.25, 0.3) is 11.8 Å². The summed E-state index contributed by atoms with van der Waals surface area (Å²) in [5.41, 5.74) is 9.48. The van der Waals surface area contributed by atoms with Gasteiger partial charge in [0, 0.05) is 68.1 Å². The Bertz CT molecular complexity index is 2620. The number of nitrogens with zero attached hydrogens (tertiary/aromatic N) is 5. The van der Waals surface area contributed by atoms with Crippen molar-refractivity contribution < 1.29 is 38.4 Å². The first-order valence-corrected chi connectivity index (χ1v) is 20.3. The van der Waals surface area contributed by atoms with E-state index in [0.29, 0.717) is 65.7 Å². The van der Waals surface area contributed by atoms with Gasteiger partial charge < -0.3 is 29.0 Å². The number of carboxylic acids is 1. The van der Waals surface area contributed by atoms with E-state index < -0.39 is 5.97 Å². The third kappa shape index (κ3) is 7.80. The van der Waals surface area contributed by atoms with Crippen LogP contribution in [0.25, 0.3) is 0 Å². The van der Waals surface area contributed by atoms with Gasteiger partial charge in [-0.1, -0.05) is 36.4 Å². The molecule has 0 aromatic heterocycles. The fourth-order valence-electron chi connectivity index (χ4n) is 8.43. The summed E-state index contributed by atoms with van der Waals surface area (Å²) >= 11 is 0. The number of likely N-dealkylation sites (N-methyl/N-ethyl adjacent to an activating group) is 1. The Morgan fingerprint density at radius 2 is 1.30 bits per heavy atom. The van der Waals surface area contributed by atoms with Crippen LogP contribution in [-0.4, -0.2) is 81.3 Å². The number of anilines is 3. The molecule has 4 aliphatic heterocycles. The van der Waals surface area contributed by atoms with E-state index in [-0.39, 0.29) is 50.1 Å². The second kappa shape index (κ2) is 16.6. The van der Waals surface area contributed by atoms with Gasteiger partial charge in [0.1, 0.15) is 19.0 Å². The molecule has 61 heavy (non-hydrogen) atoms. The Morgan fingerprint density at radius 3 is 1.89 bits per heavy atom. The number of carboxylic acid groups (broad SMARTS) is 1. The molecule has 4 aliphatic rings. The van der Waals surface area contributed by atoms with E-state index in [4.69, 9.17) is 34.0 Å². The average Bonchev–Trinajstić information content (AvgIpc) is 3.76. The molecule has 0 spiro atoms. The van der Waals surface area contributed by atoms with Gasteiger partial charge in [0.15, 0.2) is 11.5 Å². The Balaban J connectivity index is 0.955. The molecule has 0 saturated carbocycles. The molecule has 13 nitrogen and oxygen atoms in total. The number of aryl methyl sites for hydroxylation is 1. The van der Waals surface area contributed by atoms with Crippen molar-refractivity contribution in [3.63, 3.8) is 0 Å². The molecular weight excluding hydrogens is 775 g/mol. The number of carbonyl (C=O) groups excluding carboxylic acids is 2. The van der Waals surface area contributed by atoms with Crippen LogP contribution < -0.4 is 28.9 Å². The zero-order valence-electron chi connectivity index (χ0n) is 34.2. The predicted octanol–water partition coefficient (Wildman–Crippen LogP) is 7.66. The molecule has 0 saturated heterocycles. The van der Waals surface area contributed by atoms with Crippen molar-refractivity contribution in [1.29, 1.82) is 0 Å². The zero-order valence-corrected chi connectivity index (χ0v) is 34.2. The summed E-state index contributed by atoms with van der Waals surface area (Å²) < 4.78 is 24.3. The summed E-state index contributed by atoms with van der Waals surface area (Å²) in [7, 11) is 3.49. The van der Waals surface area contributed by atoms with Gasteiger partial charge in [-0.15, -0.1) is 0 Å². The second-order valence-electron chi connectivity index (χ2n) is 15.6. The maximum absolute atomic E-state index is 14.0. The van der Waals surface area contributed by atoms with Crippen LogP contribution in [0.3, 0.4) is 0 Å². The van der Waals surface area contributed by atoms with Crippen molar-refractivity contribution in [2.45, 2.75) is 51.5 Å². The van der Waals surface area contributed by atoms with Crippen molar-refractivity contribution in [1.82, 2.24) is 0 Å². The molecule has 0 fully saturated rings. The molecule has 0 radical (unpaired) electrons. The molecule has 2 amide bonds. The minimum atomic E-state index is -0.907. The lowest BCUT2D eigenvalue weighted by molar-refractivity contribution is -0.138. The van der Waals surface area contributed by atoms with Gasteiger partial charge in [-0.05, 0) is 77.2 Å². The SMILES string of the molecule is COc1cc2c(cc1OCc1cc(COc3cc4c(cc3C)C(=O)N3c5ccccc5C[C@H]3C=N4)cc(N(C)CCOCCC(=O)O)c1)N=C[C@@H]1Cc3ccccc3N1C2=O. The lowest BCUT2D eigenvalue weighted by Gasteiger charge is -2.23. The number of hydrogen-bond acceptors (Lipinski definition) is 10. The molecular formula is C48H45N5O8. The van der Waals surface area contributed by atoms with Crippen LogP contribution >= 0.6 is 0 Å². The normalized spacial score (nSPS) is 16.8. The van der Waals surface area contributed by atoms with E-state index in [1.807, 2.05) is 109 Å². The lowest BCUT2D eigenvalue weighted by atomic mass is 10.1. The largest absolute Gasteiger partial charge is 0.493 e. The van der Waals surface area contributed by atoms with E-state index in [2.05, 4.69) is 6.07 Å². The highest BCUT2D eigenvalue weighted by Crippen LogP contribution is 2.42. The molecule has 4 heterocycles. The molecule has 1 N–H and O–H groups in total. The quantitative estimate of drug-likeness (QED) is 0.112. The third-order valence-electron chi connectivity index (χ3n) is 11.6. The molecule has 5 aromatic rings. The topological polar surface area (TPSA) is 143 Å². The van der Waals surface area contributed by atoms with Gasteiger partial charge in [0.2, 0.25) is 0 Å². The van der Waals surface area contributed by atoms with Crippen molar-refractivity contribution in [2.24, 2.45) is 9.98 Å². The standard InChI is InChI=1S/C48H45N5O8/c1-29-16-37-39(49-25-35-20-32-8-4-6-10-41(32)52(35)47(37)56)23-43(29)60-27-30-17-31(19-34(18-30)51(2)13-15-59-14-12-46(54)55)28-61-45-24-40-38(22-44(45)58-3)48(57)53-36(26-50-40)21-33-9-5-7-11-42(33)53/h4-11,16-19,22-26,35-36H,12-15,20-21,27-28H2,1-3H3,(H,54,55)/t35-,36-/m0/s1. The van der Waals surface area contributed by atoms with Gasteiger partial charge in [-0.3, -0.25) is 34.2 Å². The zero-order chi connectivity index (χ0) is 42.2. The second-order valence-corrected chi connectivity index (χ2v) is 15.6. The number of benzene rings is 5. The van der Waals surface area contributed by atoms with Gasteiger partial charge >= 0.3 is 5.97 Å². The number of aliphatic imine (C=N–C) groups is 2. The Labute approximate surface area is 353 Å². The smallest absolute Gasteiger partial charge is 0.305 e. The molecule has 310 valence electrons. The highest BCUT2D eigenvalue weighted by atomic mass is 16.5. The van der Waals surface area contributed by atoms with Crippen LogP contribution in [0.1, 0.15) is 55.0 Å². The Hall–Kier alpha value is -6.99. The fourth-order valence-corrected chi connectivity index (χ4v) is 8.43. The molecule has 0 unspecified atom stereocenters. The number of para-hydroxylation sites is 2. The van der Waals surface area contributed by atoms with Gasteiger partial charge in [0.05, 0.1) is 61.3 Å². The fraction of sp³-hybridized carbons (Fsp3) is 0.271. The van der Waals surface area contributed by atoms with Crippen LogP contribution in [0.15, 0.2) is 101 Å². The summed E-state index contributed by atoms with van der Waals surface area (Å²) in [5, 5.41) is 9.00. The van der Waals surface area contributed by atoms with E-state index >= 15 is 0 Å². The third-order valence-corrected chi connectivity index (χ3v) is 11.6. The van der Waals surface area contributed by atoms with Crippen molar-refractivity contribution in [2.75, 3.05) is 48.6 Å². The van der Waals surface area contributed by atoms with E-state index in [1.54, 1.807) is 24.1 Å². The number of hydrogen-bond donors (Lipinski definition) is 1. The molecule has 0 bridgehead atoms. The first kappa shape index (κ1) is 39.5. The molecule has 5 aromatic carbocycles. The Morgan fingerprint density at radius 1 is 0.738 bits per heavy atom. The number of aliphatic carboxylic acids is 1. The predicted molar refractivity (Wildman–Crippen MR) is 233 cm³/mol.